The van der Waals surface area contributed by atoms with Gasteiger partial charge in [0.05, 0.1) is 10.6 Å². The number of hydrogen-bond donors (Lipinski definition) is 2. The van der Waals surface area contributed by atoms with Gasteiger partial charge in [-0.15, -0.1) is 0 Å². The number of aliphatic hydroxyl groups excluding tert-OH is 1. The summed E-state index contributed by atoms with van der Waals surface area (Å²) >= 11 is 11.7. The third-order valence-corrected chi connectivity index (χ3v) is 3.34. The van der Waals surface area contributed by atoms with E-state index in [4.69, 9.17) is 28.3 Å². The normalized spacial score (nSPS) is 13.2. The third-order valence-electron chi connectivity index (χ3n) is 2.84. The van der Waals surface area contributed by atoms with Crippen molar-refractivity contribution in [1.29, 1.82) is 0 Å². The maximum Gasteiger partial charge on any atom is 0.253 e. The lowest BCUT2D eigenvalue weighted by molar-refractivity contribution is 0.0885. The van der Waals surface area contributed by atoms with E-state index in [0.717, 1.165) is 0 Å². The van der Waals surface area contributed by atoms with E-state index in [2.05, 4.69) is 10.3 Å². The molecule has 106 valence electrons. The van der Waals surface area contributed by atoms with Crippen LogP contribution in [0.15, 0.2) is 12.3 Å². The molecule has 6 heteroatoms. The maximum absolute atomic E-state index is 12.2. The van der Waals surface area contributed by atoms with E-state index in [0.29, 0.717) is 6.42 Å². The van der Waals surface area contributed by atoms with Crippen molar-refractivity contribution in [2.24, 2.45) is 5.41 Å². The third kappa shape index (κ3) is 4.64. The van der Waals surface area contributed by atoms with E-state index in [1.165, 1.54) is 12.3 Å². The van der Waals surface area contributed by atoms with Crippen molar-refractivity contribution in [3.63, 3.8) is 0 Å². The van der Waals surface area contributed by atoms with Crippen molar-refractivity contribution in [2.45, 2.75) is 33.2 Å². The maximum atomic E-state index is 12.2. The quantitative estimate of drug-likeness (QED) is 0.841. The molecule has 0 aromatic carbocycles. The largest absolute Gasteiger partial charge is 0.396 e. The molecule has 0 aliphatic carbocycles. The van der Waals surface area contributed by atoms with Crippen molar-refractivity contribution in [2.75, 3.05) is 6.61 Å². The molecule has 0 spiro atoms. The first-order chi connectivity index (χ1) is 8.75. The molecule has 1 aromatic rings. The van der Waals surface area contributed by atoms with Gasteiger partial charge in [-0.3, -0.25) is 4.79 Å². The standard InChI is InChI=1S/C13H18Cl2N2O2/c1-13(2,3)10(4-5-18)17-12(19)8-6-11(15)16-7-9(8)14/h6-7,10,18H,4-5H2,1-3H3,(H,17,19). The summed E-state index contributed by atoms with van der Waals surface area (Å²) in [5, 5.41) is 12.4. The molecule has 0 aliphatic rings. The number of carbonyl (C=O) groups is 1. The minimum absolute atomic E-state index is 0.00699. The first-order valence-corrected chi connectivity index (χ1v) is 6.74. The van der Waals surface area contributed by atoms with Gasteiger partial charge < -0.3 is 10.4 Å². The monoisotopic (exact) mass is 304 g/mol. The van der Waals surface area contributed by atoms with Crippen LogP contribution in [0.3, 0.4) is 0 Å². The molecule has 4 nitrogen and oxygen atoms in total. The van der Waals surface area contributed by atoms with Crippen molar-refractivity contribution in [3.05, 3.63) is 28.0 Å². The topological polar surface area (TPSA) is 62.2 Å². The molecule has 0 aliphatic heterocycles. The Morgan fingerprint density at radius 3 is 2.63 bits per heavy atom. The van der Waals surface area contributed by atoms with Crippen LogP contribution < -0.4 is 5.32 Å². The van der Waals surface area contributed by atoms with Crippen molar-refractivity contribution in [3.8, 4) is 0 Å². The van der Waals surface area contributed by atoms with Gasteiger partial charge in [-0.2, -0.15) is 0 Å². The molecule has 0 bridgehead atoms. The molecule has 0 saturated carbocycles. The zero-order valence-electron chi connectivity index (χ0n) is 11.2. The van der Waals surface area contributed by atoms with Gasteiger partial charge in [-0.1, -0.05) is 44.0 Å². The summed E-state index contributed by atoms with van der Waals surface area (Å²) in [6.45, 7) is 5.99. The number of pyridine rings is 1. The van der Waals surface area contributed by atoms with Gasteiger partial charge in [0, 0.05) is 18.8 Å². The van der Waals surface area contributed by atoms with Gasteiger partial charge >= 0.3 is 0 Å². The van der Waals surface area contributed by atoms with Crippen LogP contribution in [0.25, 0.3) is 0 Å². The lowest BCUT2D eigenvalue weighted by Crippen LogP contribution is -2.44. The number of aliphatic hydroxyl groups is 1. The molecule has 0 fully saturated rings. The number of rotatable bonds is 4. The van der Waals surface area contributed by atoms with Gasteiger partial charge in [-0.25, -0.2) is 4.98 Å². The number of aromatic nitrogens is 1. The second-order valence-electron chi connectivity index (χ2n) is 5.39. The second-order valence-corrected chi connectivity index (χ2v) is 6.19. The van der Waals surface area contributed by atoms with E-state index in [9.17, 15) is 4.79 Å². The Kier molecular flexibility index (Phi) is 5.59. The number of hydrogen-bond acceptors (Lipinski definition) is 3. The molecular formula is C13H18Cl2N2O2. The molecule has 1 aromatic heterocycles. The minimum Gasteiger partial charge on any atom is -0.396 e. The fourth-order valence-corrected chi connectivity index (χ4v) is 2.02. The number of carbonyl (C=O) groups excluding carboxylic acids is 1. The SMILES string of the molecule is CC(C)(C)C(CCO)NC(=O)c1cc(Cl)ncc1Cl. The summed E-state index contributed by atoms with van der Waals surface area (Å²) < 4.78 is 0. The van der Waals surface area contributed by atoms with Crippen LogP contribution in [0, 0.1) is 5.41 Å². The molecule has 1 atom stereocenters. The predicted octanol–water partition coefficient (Wildman–Crippen LogP) is 2.92. The average molecular weight is 305 g/mol. The first-order valence-electron chi connectivity index (χ1n) is 5.98. The second kappa shape index (κ2) is 6.55. The molecular weight excluding hydrogens is 287 g/mol. The van der Waals surface area contributed by atoms with E-state index in [1.807, 2.05) is 20.8 Å². The van der Waals surface area contributed by atoms with Gasteiger partial charge in [0.2, 0.25) is 0 Å². The van der Waals surface area contributed by atoms with Crippen LogP contribution >= 0.6 is 23.2 Å². The average Bonchev–Trinajstić information content (AvgIpc) is 2.30. The van der Waals surface area contributed by atoms with Crippen LogP contribution in [-0.4, -0.2) is 28.6 Å². The highest BCUT2D eigenvalue weighted by Crippen LogP contribution is 2.23. The highest BCUT2D eigenvalue weighted by molar-refractivity contribution is 6.35. The first kappa shape index (κ1) is 16.2. The summed E-state index contributed by atoms with van der Waals surface area (Å²) in [7, 11) is 0. The van der Waals surface area contributed by atoms with E-state index >= 15 is 0 Å². The Hall–Kier alpha value is -0.840. The van der Waals surface area contributed by atoms with Gasteiger partial charge in [0.1, 0.15) is 5.15 Å². The number of halogens is 2. The molecule has 0 radical (unpaired) electrons. The fourth-order valence-electron chi connectivity index (χ4n) is 1.67. The zero-order valence-corrected chi connectivity index (χ0v) is 12.7. The van der Waals surface area contributed by atoms with Crippen molar-refractivity contribution in [1.82, 2.24) is 10.3 Å². The molecule has 19 heavy (non-hydrogen) atoms. The summed E-state index contributed by atoms with van der Waals surface area (Å²) in [6, 6.07) is 1.27. The molecule has 2 N–H and O–H groups in total. The van der Waals surface area contributed by atoms with E-state index in [1.54, 1.807) is 0 Å². The zero-order chi connectivity index (χ0) is 14.6. The molecule has 0 saturated heterocycles. The van der Waals surface area contributed by atoms with Crippen LogP contribution in [0.5, 0.6) is 0 Å². The number of amides is 1. The Morgan fingerprint density at radius 2 is 2.11 bits per heavy atom. The molecule has 1 amide bonds. The Morgan fingerprint density at radius 1 is 1.47 bits per heavy atom. The highest BCUT2D eigenvalue weighted by atomic mass is 35.5. The van der Waals surface area contributed by atoms with Crippen LogP contribution in [0.1, 0.15) is 37.6 Å². The van der Waals surface area contributed by atoms with Crippen molar-refractivity contribution >= 4 is 29.1 Å². The minimum atomic E-state index is -0.317. The molecule has 1 heterocycles. The highest BCUT2D eigenvalue weighted by Gasteiger charge is 2.26. The molecule has 1 unspecified atom stereocenters. The Labute approximate surface area is 123 Å². The van der Waals surface area contributed by atoms with Gasteiger partial charge in [0.15, 0.2) is 0 Å². The Balaban J connectivity index is 2.91. The summed E-state index contributed by atoms with van der Waals surface area (Å²) in [4.78, 5) is 16.0. The summed E-state index contributed by atoms with van der Waals surface area (Å²) in [5.74, 6) is -0.317. The number of nitrogens with zero attached hydrogens (tertiary/aromatic N) is 1. The van der Waals surface area contributed by atoms with Gasteiger partial charge in [-0.05, 0) is 17.9 Å². The molecule has 1 rings (SSSR count). The van der Waals surface area contributed by atoms with Gasteiger partial charge in [0.25, 0.3) is 5.91 Å². The fraction of sp³-hybridized carbons (Fsp3) is 0.538. The summed E-state index contributed by atoms with van der Waals surface area (Å²) in [5.41, 5.74) is 0.121. The van der Waals surface area contributed by atoms with E-state index < -0.39 is 0 Å². The lowest BCUT2D eigenvalue weighted by atomic mass is 9.85. The van der Waals surface area contributed by atoms with Crippen LogP contribution in [0.2, 0.25) is 10.2 Å². The smallest absolute Gasteiger partial charge is 0.253 e. The van der Waals surface area contributed by atoms with Crippen LogP contribution in [0.4, 0.5) is 0 Å². The lowest BCUT2D eigenvalue weighted by Gasteiger charge is -2.31. The van der Waals surface area contributed by atoms with Crippen molar-refractivity contribution < 1.29 is 9.90 Å². The predicted molar refractivity (Wildman–Crippen MR) is 76.7 cm³/mol. The summed E-state index contributed by atoms with van der Waals surface area (Å²) in [6.07, 6.45) is 1.82. The number of nitrogens with one attached hydrogen (secondary N) is 1. The Bertz CT molecular complexity index is 458. The van der Waals surface area contributed by atoms with E-state index in [-0.39, 0.29) is 39.7 Å². The van der Waals surface area contributed by atoms with Crippen LogP contribution in [-0.2, 0) is 0 Å².